The first-order valence-electron chi connectivity index (χ1n) is 7.06. The van der Waals surface area contributed by atoms with Crippen molar-refractivity contribution in [2.75, 3.05) is 14.2 Å². The summed E-state index contributed by atoms with van der Waals surface area (Å²) in [7, 11) is 3.24. The summed E-state index contributed by atoms with van der Waals surface area (Å²) in [4.78, 5) is 4.75. The van der Waals surface area contributed by atoms with Gasteiger partial charge in [0.25, 0.3) is 0 Å². The van der Waals surface area contributed by atoms with Crippen molar-refractivity contribution in [1.82, 2.24) is 5.43 Å². The van der Waals surface area contributed by atoms with Gasteiger partial charge in [0.05, 0.1) is 25.8 Å². The summed E-state index contributed by atoms with van der Waals surface area (Å²) in [6.45, 7) is 0. The molecule has 0 bridgehead atoms. The molecule has 1 aromatic carbocycles. The summed E-state index contributed by atoms with van der Waals surface area (Å²) < 4.78 is 10.8. The lowest BCUT2D eigenvalue weighted by Crippen LogP contribution is -2.33. The zero-order chi connectivity index (χ0) is 14.4. The number of amidine groups is 1. The average molecular weight is 277 g/mol. The van der Waals surface area contributed by atoms with Crippen LogP contribution >= 0.6 is 0 Å². The molecule has 5 heteroatoms. The summed E-state index contributed by atoms with van der Waals surface area (Å²) >= 11 is 0. The Morgan fingerprint density at radius 1 is 1.20 bits per heavy atom. The minimum Gasteiger partial charge on any atom is -0.493 e. The van der Waals surface area contributed by atoms with Gasteiger partial charge in [0.1, 0.15) is 5.84 Å². The average Bonchev–Trinajstić information content (AvgIpc) is 2.52. The van der Waals surface area contributed by atoms with Crippen molar-refractivity contribution in [1.29, 1.82) is 0 Å². The molecule has 110 valence electrons. The van der Waals surface area contributed by atoms with Crippen LogP contribution < -0.4 is 20.7 Å². The molecule has 0 heterocycles. The third-order valence-corrected chi connectivity index (χ3v) is 3.68. The van der Waals surface area contributed by atoms with E-state index in [1.807, 2.05) is 18.2 Å². The van der Waals surface area contributed by atoms with Crippen molar-refractivity contribution < 1.29 is 9.47 Å². The highest BCUT2D eigenvalue weighted by Crippen LogP contribution is 2.31. The van der Waals surface area contributed by atoms with Gasteiger partial charge in [0, 0.05) is 0 Å². The van der Waals surface area contributed by atoms with Crippen LogP contribution in [0.2, 0.25) is 0 Å². The number of nitrogens with zero attached hydrogens (tertiary/aromatic N) is 1. The molecule has 0 saturated heterocycles. The largest absolute Gasteiger partial charge is 0.493 e. The Morgan fingerprint density at radius 2 is 1.95 bits per heavy atom. The molecule has 1 saturated carbocycles. The molecule has 0 aromatic heterocycles. The summed E-state index contributed by atoms with van der Waals surface area (Å²) in [5, 5.41) is 0. The maximum Gasteiger partial charge on any atom is 0.171 e. The predicted octanol–water partition coefficient (Wildman–Crippen LogP) is 2.25. The molecule has 1 aromatic rings. The van der Waals surface area contributed by atoms with Crippen LogP contribution in [0.4, 0.5) is 0 Å². The fourth-order valence-electron chi connectivity index (χ4n) is 2.65. The molecule has 5 nitrogen and oxygen atoms in total. The van der Waals surface area contributed by atoms with Gasteiger partial charge in [-0.25, -0.2) is 5.84 Å². The molecule has 3 N–H and O–H groups in total. The van der Waals surface area contributed by atoms with Crippen LogP contribution in [0.5, 0.6) is 11.5 Å². The summed E-state index contributed by atoms with van der Waals surface area (Å²) in [6.07, 6.45) is 6.03. The number of hydrogen-bond acceptors (Lipinski definition) is 4. The molecule has 1 fully saturated rings. The molecule has 1 aliphatic carbocycles. The van der Waals surface area contributed by atoms with Crippen LogP contribution in [0.25, 0.3) is 0 Å². The van der Waals surface area contributed by atoms with E-state index in [0.29, 0.717) is 23.4 Å². The summed E-state index contributed by atoms with van der Waals surface area (Å²) in [6, 6.07) is 6.04. The van der Waals surface area contributed by atoms with Gasteiger partial charge in [-0.1, -0.05) is 25.3 Å². The zero-order valence-electron chi connectivity index (χ0n) is 12.2. The first-order valence-corrected chi connectivity index (χ1v) is 7.06. The Kier molecular flexibility index (Phi) is 5.24. The standard InChI is InChI=1S/C15H23N3O2/c1-19-13-10-6-9-12(14(13)20-2)15(18-16)17-11-7-4-3-5-8-11/h6,9-11H,3-5,7-8,16H2,1-2H3,(H,17,18). The van der Waals surface area contributed by atoms with Crippen LogP contribution in [0.3, 0.4) is 0 Å². The normalized spacial score (nSPS) is 16.9. The second-order valence-corrected chi connectivity index (χ2v) is 4.95. The quantitative estimate of drug-likeness (QED) is 0.383. The number of hydrazine groups is 1. The first-order chi connectivity index (χ1) is 9.80. The van der Waals surface area contributed by atoms with E-state index in [0.717, 1.165) is 18.4 Å². The van der Waals surface area contributed by atoms with E-state index in [2.05, 4.69) is 5.43 Å². The lowest BCUT2D eigenvalue weighted by atomic mass is 9.96. The maximum atomic E-state index is 5.66. The molecule has 1 aliphatic rings. The minimum absolute atomic E-state index is 0.339. The van der Waals surface area contributed by atoms with Gasteiger partial charge in [0.15, 0.2) is 11.5 Å². The van der Waals surface area contributed by atoms with Crippen molar-refractivity contribution in [2.24, 2.45) is 10.8 Å². The van der Waals surface area contributed by atoms with Crippen LogP contribution in [-0.4, -0.2) is 26.1 Å². The van der Waals surface area contributed by atoms with E-state index >= 15 is 0 Å². The highest BCUT2D eigenvalue weighted by atomic mass is 16.5. The second kappa shape index (κ2) is 7.14. The van der Waals surface area contributed by atoms with Gasteiger partial charge in [-0.2, -0.15) is 0 Å². The number of rotatable bonds is 4. The zero-order valence-corrected chi connectivity index (χ0v) is 12.2. The summed E-state index contributed by atoms with van der Waals surface area (Å²) in [5.74, 6) is 7.65. The van der Waals surface area contributed by atoms with Gasteiger partial charge >= 0.3 is 0 Å². The van der Waals surface area contributed by atoms with E-state index in [9.17, 15) is 0 Å². The number of nitrogens with two attached hydrogens (primary N) is 1. The highest BCUT2D eigenvalue weighted by Gasteiger charge is 2.17. The number of aliphatic imine (C=N–C) groups is 1. The maximum absolute atomic E-state index is 5.66. The van der Waals surface area contributed by atoms with Gasteiger partial charge in [-0.05, 0) is 25.0 Å². The van der Waals surface area contributed by atoms with E-state index in [4.69, 9.17) is 20.3 Å². The van der Waals surface area contributed by atoms with Crippen molar-refractivity contribution in [3.05, 3.63) is 23.8 Å². The van der Waals surface area contributed by atoms with Crippen LogP contribution in [0.15, 0.2) is 23.2 Å². The Labute approximate surface area is 120 Å². The van der Waals surface area contributed by atoms with Gasteiger partial charge in [-0.3, -0.25) is 4.99 Å². The smallest absolute Gasteiger partial charge is 0.171 e. The van der Waals surface area contributed by atoms with E-state index in [1.165, 1.54) is 19.3 Å². The number of methoxy groups -OCH3 is 2. The lowest BCUT2D eigenvalue weighted by Gasteiger charge is -2.20. The van der Waals surface area contributed by atoms with Gasteiger partial charge in [-0.15, -0.1) is 0 Å². The van der Waals surface area contributed by atoms with Crippen LogP contribution in [0, 0.1) is 0 Å². The van der Waals surface area contributed by atoms with Gasteiger partial charge < -0.3 is 14.9 Å². The monoisotopic (exact) mass is 277 g/mol. The number of hydrogen-bond donors (Lipinski definition) is 2. The Hall–Kier alpha value is -1.75. The Balaban J connectivity index is 2.33. The molecule has 20 heavy (non-hydrogen) atoms. The topological polar surface area (TPSA) is 68.9 Å². The van der Waals surface area contributed by atoms with Crippen molar-refractivity contribution in [3.8, 4) is 11.5 Å². The van der Waals surface area contributed by atoms with Gasteiger partial charge in [0.2, 0.25) is 0 Å². The Bertz CT molecular complexity index is 468. The molecular weight excluding hydrogens is 254 g/mol. The minimum atomic E-state index is 0.339. The van der Waals surface area contributed by atoms with Crippen molar-refractivity contribution in [3.63, 3.8) is 0 Å². The number of para-hydroxylation sites is 1. The number of ether oxygens (including phenoxy) is 2. The van der Waals surface area contributed by atoms with E-state index < -0.39 is 0 Å². The molecule has 0 unspecified atom stereocenters. The van der Waals surface area contributed by atoms with Crippen molar-refractivity contribution in [2.45, 2.75) is 38.1 Å². The number of benzene rings is 1. The van der Waals surface area contributed by atoms with E-state index in [1.54, 1.807) is 14.2 Å². The molecular formula is C15H23N3O2. The molecule has 0 spiro atoms. The van der Waals surface area contributed by atoms with Crippen LogP contribution in [-0.2, 0) is 0 Å². The predicted molar refractivity (Wildman–Crippen MR) is 80.3 cm³/mol. The molecule has 0 aliphatic heterocycles. The fourth-order valence-corrected chi connectivity index (χ4v) is 2.65. The number of nitrogens with one attached hydrogen (secondary N) is 1. The highest BCUT2D eigenvalue weighted by molar-refractivity contribution is 6.01. The molecule has 0 atom stereocenters. The second-order valence-electron chi connectivity index (χ2n) is 4.95. The third kappa shape index (κ3) is 3.22. The van der Waals surface area contributed by atoms with Crippen LogP contribution in [0.1, 0.15) is 37.7 Å². The molecule has 0 amide bonds. The third-order valence-electron chi connectivity index (χ3n) is 3.68. The fraction of sp³-hybridized carbons (Fsp3) is 0.533. The summed E-state index contributed by atoms with van der Waals surface area (Å²) in [5.41, 5.74) is 3.54. The lowest BCUT2D eigenvalue weighted by molar-refractivity contribution is 0.354. The van der Waals surface area contributed by atoms with Crippen molar-refractivity contribution >= 4 is 5.84 Å². The first kappa shape index (κ1) is 14.7. The Morgan fingerprint density at radius 3 is 2.55 bits per heavy atom. The molecule has 2 rings (SSSR count). The molecule has 0 radical (unpaired) electrons. The van der Waals surface area contributed by atoms with E-state index in [-0.39, 0.29) is 0 Å². The SMILES string of the molecule is COc1cccc(C(=NC2CCCCC2)NN)c1OC.